The van der Waals surface area contributed by atoms with Gasteiger partial charge < -0.3 is 10.2 Å². The molecule has 0 aliphatic heterocycles. The Bertz CT molecular complexity index is 667. The minimum Gasteiger partial charge on any atom is -0.350 e. The molecule has 3 nitrogen and oxygen atoms in total. The molecule has 2 aromatic carbocycles. The van der Waals surface area contributed by atoms with Gasteiger partial charge in [-0.05, 0) is 36.8 Å². The van der Waals surface area contributed by atoms with Gasteiger partial charge in [-0.1, -0.05) is 17.7 Å². The lowest BCUT2D eigenvalue weighted by Gasteiger charge is -2.14. The molecule has 0 atom stereocenters. The van der Waals surface area contributed by atoms with Crippen LogP contribution in [0.3, 0.4) is 0 Å². The molecule has 7 heteroatoms. The Morgan fingerprint density at radius 2 is 1.86 bits per heavy atom. The van der Waals surface area contributed by atoms with E-state index in [2.05, 4.69) is 10.8 Å². The van der Waals surface area contributed by atoms with Gasteiger partial charge in [-0.25, -0.2) is 13.2 Å². The summed E-state index contributed by atoms with van der Waals surface area (Å²) in [7, 11) is 0. The zero-order chi connectivity index (χ0) is 16.1. The standard InChI is InChI=1S/C15H14ClF3N2O/c1-2-22-20-8-9-3-5-11(17)14(19)15(9)21-13-6-4-10(16)7-12(13)18/h3-7,20-21H,2,8H2,1H3. The highest BCUT2D eigenvalue weighted by Gasteiger charge is 2.15. The second kappa shape index (κ2) is 7.49. The van der Waals surface area contributed by atoms with E-state index in [4.69, 9.17) is 16.4 Å². The molecule has 2 rings (SSSR count). The van der Waals surface area contributed by atoms with E-state index in [1.54, 1.807) is 6.92 Å². The summed E-state index contributed by atoms with van der Waals surface area (Å²) in [6.07, 6.45) is 0. The number of hydrogen-bond donors (Lipinski definition) is 2. The monoisotopic (exact) mass is 330 g/mol. The van der Waals surface area contributed by atoms with Gasteiger partial charge in [-0.2, -0.15) is 5.48 Å². The van der Waals surface area contributed by atoms with Gasteiger partial charge in [0.2, 0.25) is 0 Å². The number of benzene rings is 2. The summed E-state index contributed by atoms with van der Waals surface area (Å²) >= 11 is 5.66. The van der Waals surface area contributed by atoms with E-state index in [1.807, 2.05) is 0 Å². The van der Waals surface area contributed by atoms with Crippen LogP contribution in [-0.4, -0.2) is 6.61 Å². The molecule has 118 valence electrons. The average molecular weight is 331 g/mol. The topological polar surface area (TPSA) is 33.3 Å². The SMILES string of the molecule is CCONCc1ccc(F)c(F)c1Nc1ccc(Cl)cc1F. The molecule has 22 heavy (non-hydrogen) atoms. The van der Waals surface area contributed by atoms with Gasteiger partial charge in [0.15, 0.2) is 11.6 Å². The van der Waals surface area contributed by atoms with Crippen LogP contribution in [0, 0.1) is 17.5 Å². The fourth-order valence-electron chi connectivity index (χ4n) is 1.83. The van der Waals surface area contributed by atoms with Gasteiger partial charge >= 0.3 is 0 Å². The van der Waals surface area contributed by atoms with Crippen molar-refractivity contribution < 1.29 is 18.0 Å². The Balaban J connectivity index is 2.33. The van der Waals surface area contributed by atoms with Crippen LogP contribution in [0.1, 0.15) is 12.5 Å². The van der Waals surface area contributed by atoms with Crippen molar-refractivity contribution in [3.05, 3.63) is 58.4 Å². The van der Waals surface area contributed by atoms with Crippen LogP contribution in [-0.2, 0) is 11.4 Å². The van der Waals surface area contributed by atoms with Crippen LogP contribution in [0.5, 0.6) is 0 Å². The van der Waals surface area contributed by atoms with E-state index in [1.165, 1.54) is 18.2 Å². The summed E-state index contributed by atoms with van der Waals surface area (Å²) in [5, 5.41) is 2.77. The lowest BCUT2D eigenvalue weighted by molar-refractivity contribution is 0.0464. The van der Waals surface area contributed by atoms with Gasteiger partial charge in [0, 0.05) is 11.6 Å². The molecule has 0 aliphatic carbocycles. The van der Waals surface area contributed by atoms with Crippen LogP contribution in [0.15, 0.2) is 30.3 Å². The van der Waals surface area contributed by atoms with Crippen molar-refractivity contribution >= 4 is 23.0 Å². The maximum absolute atomic E-state index is 14.0. The Labute approximate surface area is 131 Å². The molecule has 0 unspecified atom stereocenters. The van der Waals surface area contributed by atoms with Crippen molar-refractivity contribution in [2.45, 2.75) is 13.5 Å². The predicted molar refractivity (Wildman–Crippen MR) is 79.5 cm³/mol. The van der Waals surface area contributed by atoms with Gasteiger partial charge in [0.1, 0.15) is 5.82 Å². The molecule has 0 saturated heterocycles. The molecule has 0 amide bonds. The highest BCUT2D eigenvalue weighted by atomic mass is 35.5. The molecule has 0 aliphatic rings. The van der Waals surface area contributed by atoms with Crippen molar-refractivity contribution in [3.63, 3.8) is 0 Å². The number of nitrogens with one attached hydrogen (secondary N) is 2. The first-order valence-corrected chi connectivity index (χ1v) is 6.94. The molecule has 2 aromatic rings. The van der Waals surface area contributed by atoms with Crippen LogP contribution in [0.2, 0.25) is 5.02 Å². The first-order chi connectivity index (χ1) is 10.5. The molecule has 0 spiro atoms. The minimum absolute atomic E-state index is 0.00781. The predicted octanol–water partition coefficient (Wildman–Crippen LogP) is 4.54. The molecular formula is C15H14ClF3N2O. The molecule has 0 radical (unpaired) electrons. The fraction of sp³-hybridized carbons (Fsp3) is 0.200. The van der Waals surface area contributed by atoms with Gasteiger partial charge in [-0.15, -0.1) is 0 Å². The molecule has 0 aromatic heterocycles. The van der Waals surface area contributed by atoms with E-state index < -0.39 is 17.5 Å². The van der Waals surface area contributed by atoms with Crippen LogP contribution in [0.4, 0.5) is 24.5 Å². The normalized spacial score (nSPS) is 10.8. The van der Waals surface area contributed by atoms with Gasteiger partial charge in [0.05, 0.1) is 18.0 Å². The minimum atomic E-state index is -1.09. The van der Waals surface area contributed by atoms with Crippen LogP contribution in [0.25, 0.3) is 0 Å². The molecule has 2 N–H and O–H groups in total. The third kappa shape index (κ3) is 3.91. The second-order valence-corrected chi connectivity index (χ2v) is 4.84. The van der Waals surface area contributed by atoms with Gasteiger partial charge in [0.25, 0.3) is 0 Å². The Hall–Kier alpha value is -1.76. The van der Waals surface area contributed by atoms with E-state index in [0.717, 1.165) is 12.1 Å². The summed E-state index contributed by atoms with van der Waals surface area (Å²) in [5.74, 6) is -2.79. The summed E-state index contributed by atoms with van der Waals surface area (Å²) < 4.78 is 41.3. The zero-order valence-electron chi connectivity index (χ0n) is 11.7. The van der Waals surface area contributed by atoms with Crippen LogP contribution >= 0.6 is 11.6 Å². The lowest BCUT2D eigenvalue weighted by Crippen LogP contribution is -2.15. The highest BCUT2D eigenvalue weighted by Crippen LogP contribution is 2.28. The van der Waals surface area contributed by atoms with Crippen molar-refractivity contribution in [1.82, 2.24) is 5.48 Å². The quantitative estimate of drug-likeness (QED) is 0.602. The number of hydroxylamine groups is 1. The van der Waals surface area contributed by atoms with E-state index in [9.17, 15) is 13.2 Å². The molecule has 0 fully saturated rings. The maximum Gasteiger partial charge on any atom is 0.182 e. The zero-order valence-corrected chi connectivity index (χ0v) is 12.5. The Kier molecular flexibility index (Phi) is 5.65. The highest BCUT2D eigenvalue weighted by molar-refractivity contribution is 6.30. The van der Waals surface area contributed by atoms with E-state index >= 15 is 0 Å². The maximum atomic E-state index is 14.0. The number of halogens is 4. The average Bonchev–Trinajstić information content (AvgIpc) is 2.48. The van der Waals surface area contributed by atoms with E-state index in [-0.39, 0.29) is 22.9 Å². The first-order valence-electron chi connectivity index (χ1n) is 6.56. The fourth-order valence-corrected chi connectivity index (χ4v) is 1.99. The molecule has 0 bridgehead atoms. The third-order valence-electron chi connectivity index (χ3n) is 2.88. The largest absolute Gasteiger partial charge is 0.350 e. The smallest absolute Gasteiger partial charge is 0.182 e. The van der Waals surface area contributed by atoms with Crippen molar-refractivity contribution in [3.8, 4) is 0 Å². The second-order valence-electron chi connectivity index (χ2n) is 4.40. The van der Waals surface area contributed by atoms with Crippen molar-refractivity contribution in [1.29, 1.82) is 0 Å². The number of hydrogen-bond acceptors (Lipinski definition) is 3. The number of rotatable bonds is 6. The lowest BCUT2D eigenvalue weighted by atomic mass is 10.1. The third-order valence-corrected chi connectivity index (χ3v) is 3.12. The summed E-state index contributed by atoms with van der Waals surface area (Å²) in [6, 6.07) is 6.27. The molecular weight excluding hydrogens is 317 g/mol. The van der Waals surface area contributed by atoms with Crippen molar-refractivity contribution in [2.24, 2.45) is 0 Å². The van der Waals surface area contributed by atoms with Crippen LogP contribution < -0.4 is 10.8 Å². The van der Waals surface area contributed by atoms with Gasteiger partial charge in [-0.3, -0.25) is 0 Å². The first kappa shape index (κ1) is 16.6. The summed E-state index contributed by atoms with van der Waals surface area (Å²) in [5.41, 5.74) is 2.83. The summed E-state index contributed by atoms with van der Waals surface area (Å²) in [4.78, 5) is 4.97. The molecule has 0 heterocycles. The molecule has 0 saturated carbocycles. The Morgan fingerprint density at radius 3 is 2.55 bits per heavy atom. The Morgan fingerprint density at radius 1 is 1.09 bits per heavy atom. The van der Waals surface area contributed by atoms with Crippen molar-refractivity contribution in [2.75, 3.05) is 11.9 Å². The van der Waals surface area contributed by atoms with E-state index in [0.29, 0.717) is 12.2 Å². The summed E-state index contributed by atoms with van der Waals surface area (Å²) in [6.45, 7) is 2.32. The number of anilines is 2.